The Morgan fingerprint density at radius 3 is 3.00 bits per heavy atom. The Bertz CT molecular complexity index is 445. The molecule has 1 aromatic rings. The van der Waals surface area contributed by atoms with E-state index in [-0.39, 0.29) is 17.9 Å². The summed E-state index contributed by atoms with van der Waals surface area (Å²) in [6.07, 6.45) is 1.05. The van der Waals surface area contributed by atoms with Gasteiger partial charge in [0.2, 0.25) is 5.91 Å². The van der Waals surface area contributed by atoms with Crippen LogP contribution in [-0.2, 0) is 11.2 Å². The number of hydrogen-bond acceptors (Lipinski definition) is 5. The zero-order valence-electron chi connectivity index (χ0n) is 9.77. The number of aromatic nitrogens is 2. The molecular formula is C10H14N4O2S. The Morgan fingerprint density at radius 1 is 1.65 bits per heavy atom. The van der Waals surface area contributed by atoms with Gasteiger partial charge in [-0.05, 0) is 18.0 Å². The molecule has 6 nitrogen and oxygen atoms in total. The van der Waals surface area contributed by atoms with Crippen molar-refractivity contribution in [2.24, 2.45) is 0 Å². The second kappa shape index (κ2) is 4.79. The summed E-state index contributed by atoms with van der Waals surface area (Å²) in [5, 5.41) is 6.74. The van der Waals surface area contributed by atoms with Crippen molar-refractivity contribution in [3.63, 3.8) is 0 Å². The highest BCUT2D eigenvalue weighted by Gasteiger charge is 2.29. The maximum Gasteiger partial charge on any atom is 0.265 e. The first-order valence-corrected chi connectivity index (χ1v) is 6.25. The van der Waals surface area contributed by atoms with E-state index < -0.39 is 0 Å². The van der Waals surface area contributed by atoms with Crippen LogP contribution >= 0.6 is 11.5 Å². The van der Waals surface area contributed by atoms with Crippen LogP contribution in [0.5, 0.6) is 0 Å². The van der Waals surface area contributed by atoms with Crippen molar-refractivity contribution >= 4 is 23.3 Å². The molecule has 1 saturated heterocycles. The van der Waals surface area contributed by atoms with Gasteiger partial charge in [0.05, 0.1) is 11.7 Å². The minimum atomic E-state index is -0.176. The van der Waals surface area contributed by atoms with Crippen LogP contribution in [0, 0.1) is 0 Å². The topological polar surface area (TPSA) is 75.2 Å². The summed E-state index contributed by atoms with van der Waals surface area (Å²) in [6, 6.07) is -0.105. The number of amides is 2. The van der Waals surface area contributed by atoms with E-state index in [0.29, 0.717) is 30.0 Å². The van der Waals surface area contributed by atoms with E-state index >= 15 is 0 Å². The number of carbonyl (C=O) groups is 2. The smallest absolute Gasteiger partial charge is 0.265 e. The van der Waals surface area contributed by atoms with Crippen LogP contribution in [0.3, 0.4) is 0 Å². The van der Waals surface area contributed by atoms with Gasteiger partial charge in [-0.1, -0.05) is 11.4 Å². The maximum atomic E-state index is 11.9. The standard InChI is InChI=1S/C10H14N4O2S/c1-3-7-9(17-13-12-7)10(16)11-6-4-8(15)14(2)5-6/h6H,3-5H2,1-2H3,(H,11,16)/t6-/m0/s1. The molecule has 1 aliphatic rings. The summed E-state index contributed by atoms with van der Waals surface area (Å²) in [6.45, 7) is 2.50. The van der Waals surface area contributed by atoms with Crippen LogP contribution in [0.1, 0.15) is 28.7 Å². The summed E-state index contributed by atoms with van der Waals surface area (Å²) in [7, 11) is 1.74. The second-order valence-electron chi connectivity index (χ2n) is 4.05. The lowest BCUT2D eigenvalue weighted by Gasteiger charge is -2.11. The highest BCUT2D eigenvalue weighted by Crippen LogP contribution is 2.13. The zero-order chi connectivity index (χ0) is 12.4. The van der Waals surface area contributed by atoms with Crippen LogP contribution in [0.4, 0.5) is 0 Å². The summed E-state index contributed by atoms with van der Waals surface area (Å²) >= 11 is 1.10. The van der Waals surface area contributed by atoms with Gasteiger partial charge in [-0.25, -0.2) is 0 Å². The van der Waals surface area contributed by atoms with Crippen LogP contribution in [-0.4, -0.2) is 45.9 Å². The number of hydrogen-bond donors (Lipinski definition) is 1. The van der Waals surface area contributed by atoms with Crippen LogP contribution in [0.25, 0.3) is 0 Å². The minimum Gasteiger partial charge on any atom is -0.346 e. The maximum absolute atomic E-state index is 11.9. The molecule has 1 N–H and O–H groups in total. The molecule has 0 spiro atoms. The van der Waals surface area contributed by atoms with Crippen LogP contribution in [0.15, 0.2) is 0 Å². The first kappa shape index (κ1) is 12.0. The van der Waals surface area contributed by atoms with Gasteiger partial charge in [0.25, 0.3) is 5.91 Å². The zero-order valence-corrected chi connectivity index (χ0v) is 10.6. The average molecular weight is 254 g/mol. The van der Waals surface area contributed by atoms with Gasteiger partial charge in [0.1, 0.15) is 4.88 Å². The molecule has 7 heteroatoms. The molecule has 1 fully saturated rings. The molecule has 0 bridgehead atoms. The van der Waals surface area contributed by atoms with E-state index in [1.807, 2.05) is 6.92 Å². The molecule has 92 valence electrons. The molecule has 0 unspecified atom stereocenters. The SMILES string of the molecule is CCc1nnsc1C(=O)N[C@H]1CC(=O)N(C)C1. The minimum absolute atomic E-state index is 0.0634. The Labute approximate surface area is 103 Å². The van der Waals surface area contributed by atoms with Gasteiger partial charge >= 0.3 is 0 Å². The number of likely N-dealkylation sites (tertiary alicyclic amines) is 1. The second-order valence-corrected chi connectivity index (χ2v) is 4.81. The fourth-order valence-electron chi connectivity index (χ4n) is 1.82. The summed E-state index contributed by atoms with van der Waals surface area (Å²) < 4.78 is 3.77. The van der Waals surface area contributed by atoms with Crippen molar-refractivity contribution in [3.05, 3.63) is 10.6 Å². The van der Waals surface area contributed by atoms with Crippen molar-refractivity contribution < 1.29 is 9.59 Å². The van der Waals surface area contributed by atoms with E-state index in [1.54, 1.807) is 11.9 Å². The molecule has 17 heavy (non-hydrogen) atoms. The summed E-state index contributed by atoms with van der Waals surface area (Å²) in [5.41, 5.74) is 0.713. The molecule has 0 aliphatic carbocycles. The Morgan fingerprint density at radius 2 is 2.41 bits per heavy atom. The molecule has 2 rings (SSSR count). The fraction of sp³-hybridized carbons (Fsp3) is 0.600. The van der Waals surface area contributed by atoms with Gasteiger partial charge in [0, 0.05) is 20.0 Å². The Balaban J connectivity index is 2.01. The molecule has 0 aromatic carbocycles. The monoisotopic (exact) mass is 254 g/mol. The van der Waals surface area contributed by atoms with E-state index in [1.165, 1.54) is 0 Å². The normalized spacial score (nSPS) is 19.8. The largest absolute Gasteiger partial charge is 0.346 e. The molecule has 1 atom stereocenters. The number of likely N-dealkylation sites (N-methyl/N-ethyl adjacent to an activating group) is 1. The van der Waals surface area contributed by atoms with E-state index in [9.17, 15) is 9.59 Å². The van der Waals surface area contributed by atoms with E-state index in [0.717, 1.165) is 11.5 Å². The molecule has 1 aliphatic heterocycles. The molecule has 0 radical (unpaired) electrons. The number of nitrogens with zero attached hydrogens (tertiary/aromatic N) is 3. The van der Waals surface area contributed by atoms with Gasteiger partial charge in [-0.3, -0.25) is 9.59 Å². The molecule has 1 aromatic heterocycles. The predicted octanol–water partition coefficient (Wildman–Crippen LogP) is 0.0610. The van der Waals surface area contributed by atoms with Crippen molar-refractivity contribution in [2.75, 3.05) is 13.6 Å². The van der Waals surface area contributed by atoms with Crippen LogP contribution < -0.4 is 5.32 Å². The summed E-state index contributed by atoms with van der Waals surface area (Å²) in [5.74, 6) is -0.113. The van der Waals surface area contributed by atoms with Crippen molar-refractivity contribution in [3.8, 4) is 0 Å². The third kappa shape index (κ3) is 2.44. The fourth-order valence-corrected chi connectivity index (χ4v) is 2.48. The molecule has 2 heterocycles. The molecule has 2 amide bonds. The molecule has 0 saturated carbocycles. The third-order valence-electron chi connectivity index (χ3n) is 2.77. The first-order valence-electron chi connectivity index (χ1n) is 5.47. The van der Waals surface area contributed by atoms with E-state index in [4.69, 9.17) is 0 Å². The third-order valence-corrected chi connectivity index (χ3v) is 3.54. The van der Waals surface area contributed by atoms with Crippen molar-refractivity contribution in [1.82, 2.24) is 19.8 Å². The van der Waals surface area contributed by atoms with E-state index in [2.05, 4.69) is 14.9 Å². The Kier molecular flexibility index (Phi) is 3.37. The summed E-state index contributed by atoms with van der Waals surface area (Å²) in [4.78, 5) is 25.4. The Hall–Kier alpha value is -1.50. The van der Waals surface area contributed by atoms with Crippen LogP contribution in [0.2, 0.25) is 0 Å². The lowest BCUT2D eigenvalue weighted by molar-refractivity contribution is -0.126. The van der Waals surface area contributed by atoms with Gasteiger partial charge in [0.15, 0.2) is 0 Å². The number of aryl methyl sites for hydroxylation is 1. The molecular weight excluding hydrogens is 240 g/mol. The number of rotatable bonds is 3. The highest BCUT2D eigenvalue weighted by molar-refractivity contribution is 7.08. The van der Waals surface area contributed by atoms with Crippen molar-refractivity contribution in [1.29, 1.82) is 0 Å². The number of nitrogens with one attached hydrogen (secondary N) is 1. The quantitative estimate of drug-likeness (QED) is 0.827. The van der Waals surface area contributed by atoms with Crippen molar-refractivity contribution in [2.45, 2.75) is 25.8 Å². The van der Waals surface area contributed by atoms with Gasteiger partial charge < -0.3 is 10.2 Å². The van der Waals surface area contributed by atoms with Gasteiger partial charge in [-0.15, -0.1) is 5.10 Å². The lowest BCUT2D eigenvalue weighted by Crippen LogP contribution is -2.36. The lowest BCUT2D eigenvalue weighted by atomic mass is 10.2. The number of carbonyl (C=O) groups excluding carboxylic acids is 2. The first-order chi connectivity index (χ1) is 8.11. The average Bonchev–Trinajstić information content (AvgIpc) is 2.86. The highest BCUT2D eigenvalue weighted by atomic mass is 32.1. The van der Waals surface area contributed by atoms with Gasteiger partial charge in [-0.2, -0.15) is 0 Å². The predicted molar refractivity (Wildman–Crippen MR) is 62.8 cm³/mol.